The third-order valence-electron chi connectivity index (χ3n) is 3.47. The van der Waals surface area contributed by atoms with Gasteiger partial charge in [0.1, 0.15) is 11.0 Å². The van der Waals surface area contributed by atoms with Crippen LogP contribution in [-0.4, -0.2) is 16.5 Å². The van der Waals surface area contributed by atoms with Crippen LogP contribution >= 0.6 is 11.6 Å². The Morgan fingerprint density at radius 2 is 1.80 bits per heavy atom. The summed E-state index contributed by atoms with van der Waals surface area (Å²) in [5, 5.41) is 3.80. The lowest BCUT2D eigenvalue weighted by Gasteiger charge is -2.16. The van der Waals surface area contributed by atoms with Gasteiger partial charge in [-0.25, -0.2) is 9.97 Å². The Morgan fingerprint density at radius 3 is 2.45 bits per heavy atom. The molecule has 0 saturated heterocycles. The molecule has 0 fully saturated rings. The van der Waals surface area contributed by atoms with Crippen LogP contribution in [0.5, 0.6) is 0 Å². The summed E-state index contributed by atoms with van der Waals surface area (Å²) in [6, 6.07) is 11.6. The highest BCUT2D eigenvalue weighted by Crippen LogP contribution is 2.20. The minimum atomic E-state index is 0.457. The maximum absolute atomic E-state index is 6.09. The number of rotatable bonds is 5. The molecule has 0 aliphatic rings. The first-order valence-corrected chi connectivity index (χ1v) is 7.28. The summed E-state index contributed by atoms with van der Waals surface area (Å²) in [6.45, 7) is 7.53. The molecule has 1 atom stereocenters. The number of halogens is 1. The van der Waals surface area contributed by atoms with Crippen LogP contribution < -0.4 is 5.32 Å². The van der Waals surface area contributed by atoms with Gasteiger partial charge in [0.15, 0.2) is 5.82 Å². The number of anilines is 1. The number of hydrogen-bond acceptors (Lipinski definition) is 3. The van der Waals surface area contributed by atoms with Crippen molar-refractivity contribution < 1.29 is 0 Å². The van der Waals surface area contributed by atoms with E-state index in [9.17, 15) is 0 Å². The molecular weight excluding hydrogens is 270 g/mol. The van der Waals surface area contributed by atoms with Crippen molar-refractivity contribution in [3.05, 3.63) is 41.6 Å². The lowest BCUT2D eigenvalue weighted by Crippen LogP contribution is -2.17. The van der Waals surface area contributed by atoms with E-state index in [-0.39, 0.29) is 0 Å². The molecule has 0 amide bonds. The molecule has 0 saturated carbocycles. The molecule has 1 aromatic heterocycles. The van der Waals surface area contributed by atoms with Gasteiger partial charge in [-0.3, -0.25) is 0 Å². The Bertz CT molecular complexity index is 555. The fraction of sp³-hybridized carbons (Fsp3) is 0.375. The highest BCUT2D eigenvalue weighted by molar-refractivity contribution is 6.29. The zero-order chi connectivity index (χ0) is 14.5. The molecule has 0 aliphatic heterocycles. The molecule has 2 rings (SSSR count). The zero-order valence-electron chi connectivity index (χ0n) is 12.1. The monoisotopic (exact) mass is 289 g/mol. The fourth-order valence-electron chi connectivity index (χ4n) is 1.73. The van der Waals surface area contributed by atoms with E-state index < -0.39 is 0 Å². The number of nitrogens with one attached hydrogen (secondary N) is 1. The van der Waals surface area contributed by atoms with Crippen molar-refractivity contribution in [3.8, 4) is 11.4 Å². The molecule has 20 heavy (non-hydrogen) atoms. The Labute approximate surface area is 125 Å². The summed E-state index contributed by atoms with van der Waals surface area (Å²) in [4.78, 5) is 8.81. The van der Waals surface area contributed by atoms with Gasteiger partial charge in [-0.2, -0.15) is 0 Å². The molecule has 106 valence electrons. The maximum Gasteiger partial charge on any atom is 0.163 e. The summed E-state index contributed by atoms with van der Waals surface area (Å²) in [5.41, 5.74) is 0.968. The molecule has 4 heteroatoms. The summed E-state index contributed by atoms with van der Waals surface area (Å²) < 4.78 is 0. The summed E-state index contributed by atoms with van der Waals surface area (Å²) in [6.07, 6.45) is 0. The highest BCUT2D eigenvalue weighted by Gasteiger charge is 2.09. The molecular formula is C16H20ClN3. The molecule has 0 aliphatic carbocycles. The van der Waals surface area contributed by atoms with E-state index >= 15 is 0 Å². The van der Waals surface area contributed by atoms with E-state index in [1.807, 2.05) is 30.3 Å². The Hall–Kier alpha value is -1.61. The van der Waals surface area contributed by atoms with Gasteiger partial charge in [0.25, 0.3) is 0 Å². The van der Waals surface area contributed by atoms with Crippen LogP contribution in [0.25, 0.3) is 11.4 Å². The minimum absolute atomic E-state index is 0.457. The van der Waals surface area contributed by atoms with Gasteiger partial charge in [-0.05, 0) is 11.8 Å². The third kappa shape index (κ3) is 3.94. The lowest BCUT2D eigenvalue weighted by molar-refractivity contribution is 0.439. The first kappa shape index (κ1) is 14.8. The second-order valence-corrected chi connectivity index (χ2v) is 5.75. The summed E-state index contributed by atoms with van der Waals surface area (Å²) >= 11 is 6.09. The normalized spacial score (nSPS) is 12.4. The molecule has 0 spiro atoms. The van der Waals surface area contributed by atoms with Crippen molar-refractivity contribution in [2.24, 2.45) is 11.8 Å². The second kappa shape index (κ2) is 6.71. The molecule has 1 aromatic carbocycles. The van der Waals surface area contributed by atoms with E-state index in [4.69, 9.17) is 11.6 Å². The molecule has 0 radical (unpaired) electrons. The quantitative estimate of drug-likeness (QED) is 0.824. The summed E-state index contributed by atoms with van der Waals surface area (Å²) in [7, 11) is 0. The average molecular weight is 290 g/mol. The topological polar surface area (TPSA) is 37.8 Å². The van der Waals surface area contributed by atoms with Crippen LogP contribution in [-0.2, 0) is 0 Å². The van der Waals surface area contributed by atoms with Gasteiger partial charge < -0.3 is 5.32 Å². The Kier molecular flexibility index (Phi) is 4.96. The number of nitrogens with zero attached hydrogens (tertiary/aromatic N) is 2. The van der Waals surface area contributed by atoms with Gasteiger partial charge in [-0.15, -0.1) is 0 Å². The second-order valence-electron chi connectivity index (χ2n) is 5.37. The largest absolute Gasteiger partial charge is 0.370 e. The molecule has 1 unspecified atom stereocenters. The fourth-order valence-corrected chi connectivity index (χ4v) is 1.91. The van der Waals surface area contributed by atoms with Crippen LogP contribution in [0.1, 0.15) is 20.8 Å². The number of hydrogen-bond donors (Lipinski definition) is 1. The van der Waals surface area contributed by atoms with Crippen LogP contribution in [0, 0.1) is 11.8 Å². The van der Waals surface area contributed by atoms with Crippen molar-refractivity contribution in [1.82, 2.24) is 9.97 Å². The Morgan fingerprint density at radius 1 is 1.10 bits per heavy atom. The first-order valence-electron chi connectivity index (χ1n) is 6.90. The van der Waals surface area contributed by atoms with Crippen LogP contribution in [0.3, 0.4) is 0 Å². The Balaban J connectivity index is 2.17. The van der Waals surface area contributed by atoms with Gasteiger partial charge in [0, 0.05) is 18.2 Å². The van der Waals surface area contributed by atoms with Crippen molar-refractivity contribution in [2.45, 2.75) is 20.8 Å². The predicted molar refractivity (Wildman–Crippen MR) is 85.0 cm³/mol. The third-order valence-corrected chi connectivity index (χ3v) is 3.66. The van der Waals surface area contributed by atoms with Gasteiger partial charge in [0.2, 0.25) is 0 Å². The van der Waals surface area contributed by atoms with E-state index in [1.54, 1.807) is 6.07 Å². The molecule has 0 bridgehead atoms. The van der Waals surface area contributed by atoms with Gasteiger partial charge in [-0.1, -0.05) is 62.7 Å². The maximum atomic E-state index is 6.09. The minimum Gasteiger partial charge on any atom is -0.370 e. The predicted octanol–water partition coefficient (Wildman–Crippen LogP) is 4.50. The van der Waals surface area contributed by atoms with E-state index in [0.29, 0.717) is 22.8 Å². The molecule has 1 N–H and O–H groups in total. The van der Waals surface area contributed by atoms with E-state index in [1.165, 1.54) is 0 Å². The SMILES string of the molecule is CC(C)C(C)CNc1cc(Cl)nc(-c2ccccc2)n1. The summed E-state index contributed by atoms with van der Waals surface area (Å²) in [5.74, 6) is 2.63. The van der Waals surface area contributed by atoms with Gasteiger partial charge >= 0.3 is 0 Å². The van der Waals surface area contributed by atoms with E-state index in [2.05, 4.69) is 36.1 Å². The smallest absolute Gasteiger partial charge is 0.163 e. The van der Waals surface area contributed by atoms with E-state index in [0.717, 1.165) is 17.9 Å². The van der Waals surface area contributed by atoms with Crippen molar-refractivity contribution in [1.29, 1.82) is 0 Å². The van der Waals surface area contributed by atoms with Crippen LogP contribution in [0.15, 0.2) is 36.4 Å². The standard InChI is InChI=1S/C16H20ClN3/c1-11(2)12(3)10-18-15-9-14(17)19-16(20-15)13-7-5-4-6-8-13/h4-9,11-12H,10H2,1-3H3,(H,18,19,20). The molecule has 1 heterocycles. The first-order chi connectivity index (χ1) is 9.56. The van der Waals surface area contributed by atoms with Gasteiger partial charge in [0.05, 0.1) is 0 Å². The number of aromatic nitrogens is 2. The number of benzene rings is 1. The van der Waals surface area contributed by atoms with Crippen LogP contribution in [0.2, 0.25) is 5.15 Å². The zero-order valence-corrected chi connectivity index (χ0v) is 12.9. The highest BCUT2D eigenvalue weighted by atomic mass is 35.5. The van der Waals surface area contributed by atoms with Crippen molar-refractivity contribution >= 4 is 17.4 Å². The molecule has 3 nitrogen and oxygen atoms in total. The molecule has 2 aromatic rings. The van der Waals surface area contributed by atoms with Crippen molar-refractivity contribution in [2.75, 3.05) is 11.9 Å². The van der Waals surface area contributed by atoms with Crippen LogP contribution in [0.4, 0.5) is 5.82 Å². The average Bonchev–Trinajstić information content (AvgIpc) is 2.45. The van der Waals surface area contributed by atoms with Crippen molar-refractivity contribution in [3.63, 3.8) is 0 Å². The lowest BCUT2D eigenvalue weighted by atomic mass is 9.98.